The van der Waals surface area contributed by atoms with E-state index >= 15 is 0 Å². The monoisotopic (exact) mass is 959 g/mol. The van der Waals surface area contributed by atoms with Crippen LogP contribution in [0.5, 0.6) is 5.75 Å². The van der Waals surface area contributed by atoms with Gasteiger partial charge in [0.15, 0.2) is 10.8 Å². The summed E-state index contributed by atoms with van der Waals surface area (Å²) in [4.78, 5) is 64.1. The molecule has 3 aromatic heterocycles. The lowest BCUT2D eigenvalue weighted by Gasteiger charge is -2.37. The molecule has 3 aliphatic rings. The highest BCUT2D eigenvalue weighted by Gasteiger charge is 2.32. The third-order valence-electron chi connectivity index (χ3n) is 14.2. The first-order valence-electron chi connectivity index (χ1n) is 24.2. The Morgan fingerprint density at radius 2 is 1.80 bits per heavy atom. The van der Waals surface area contributed by atoms with Gasteiger partial charge in [0.05, 0.1) is 40.5 Å². The summed E-state index contributed by atoms with van der Waals surface area (Å²) in [5.74, 6) is -0.297. The molecule has 2 fully saturated rings. The molecule has 0 saturated carbocycles. The second-order valence-electron chi connectivity index (χ2n) is 18.9. The van der Waals surface area contributed by atoms with Gasteiger partial charge in [-0.2, -0.15) is 5.10 Å². The first-order chi connectivity index (χ1) is 33.9. The van der Waals surface area contributed by atoms with E-state index in [0.29, 0.717) is 61.3 Å². The van der Waals surface area contributed by atoms with Crippen molar-refractivity contribution in [3.05, 3.63) is 125 Å². The highest BCUT2D eigenvalue weighted by molar-refractivity contribution is 7.22. The van der Waals surface area contributed by atoms with Crippen molar-refractivity contribution in [3.63, 3.8) is 0 Å². The van der Waals surface area contributed by atoms with Crippen molar-refractivity contribution in [1.29, 1.82) is 0 Å². The van der Waals surface area contributed by atoms with Crippen LogP contribution in [0.1, 0.15) is 89.8 Å². The Bertz CT molecular complexity index is 3110. The molecule has 3 aliphatic heterocycles. The van der Waals surface area contributed by atoms with Gasteiger partial charge in [-0.25, -0.2) is 14.8 Å². The number of pyridine rings is 1. The summed E-state index contributed by atoms with van der Waals surface area (Å²) in [6.45, 7) is 7.87. The van der Waals surface area contributed by atoms with E-state index in [-0.39, 0.29) is 35.9 Å². The van der Waals surface area contributed by atoms with Crippen LogP contribution in [0.15, 0.2) is 91.0 Å². The second-order valence-corrected chi connectivity index (χ2v) is 19.9. The predicted molar refractivity (Wildman–Crippen MR) is 272 cm³/mol. The lowest BCUT2D eigenvalue weighted by atomic mass is 9.88. The van der Waals surface area contributed by atoms with Crippen LogP contribution in [0, 0.1) is 12.8 Å². The third kappa shape index (κ3) is 9.96. The number of thiazole rings is 1. The molecule has 3 atom stereocenters. The van der Waals surface area contributed by atoms with Crippen LogP contribution in [0.3, 0.4) is 0 Å². The van der Waals surface area contributed by atoms with Crippen LogP contribution in [-0.4, -0.2) is 85.7 Å². The summed E-state index contributed by atoms with van der Waals surface area (Å²) in [7, 11) is 1.81. The minimum atomic E-state index is -1.07. The Labute approximate surface area is 410 Å². The van der Waals surface area contributed by atoms with Crippen molar-refractivity contribution in [3.8, 4) is 16.9 Å². The Morgan fingerprint density at radius 1 is 0.943 bits per heavy atom. The standard InChI is InChI=1S/C54H57N9O6S/c1-32-26-38(69-25-7-8-34-21-23-62(33(2)27-34)31-49(65)56-37-13-15-41-45(28-37)61(3)60-50(41)42-18-20-48(64)59-52(42)66)14-16-39(32)40-17-19-47(58-51(40)53(67)68)63-24-22-35-9-6-10-36(43(35)30-63)29-55-54-57-44-11-4-5-12-46(44)70-54/h4-6,9-17,19,26,28,33-34,42H,7-8,18,20-25,27,29-31H2,1-3H3,(H,55,57)(H,56,65)(H,67,68)(H,59,64,66)/t33-,34+,42?/m0/s1. The highest BCUT2D eigenvalue weighted by Crippen LogP contribution is 2.35. The number of amides is 3. The normalized spacial score (nSPS) is 18.4. The fraction of sp³-hybridized carbons (Fsp3) is 0.352. The van der Waals surface area contributed by atoms with Gasteiger partial charge in [-0.3, -0.25) is 29.3 Å². The molecule has 16 heteroatoms. The largest absolute Gasteiger partial charge is 0.494 e. The maximum atomic E-state index is 13.2. The number of ether oxygens (including phenoxy) is 1. The fourth-order valence-electron chi connectivity index (χ4n) is 10.5. The van der Waals surface area contributed by atoms with Crippen molar-refractivity contribution in [1.82, 2.24) is 30.0 Å². The van der Waals surface area contributed by atoms with Gasteiger partial charge in [0, 0.05) is 55.8 Å². The Morgan fingerprint density at radius 3 is 2.61 bits per heavy atom. The number of nitrogens with zero attached hydrogens (tertiary/aromatic N) is 6. The van der Waals surface area contributed by atoms with Crippen molar-refractivity contribution in [2.45, 2.75) is 83.8 Å². The lowest BCUT2D eigenvalue weighted by Crippen LogP contribution is -2.44. The van der Waals surface area contributed by atoms with Gasteiger partial charge in [-0.1, -0.05) is 47.7 Å². The average molecular weight is 960 g/mol. The zero-order valence-corrected chi connectivity index (χ0v) is 40.5. The summed E-state index contributed by atoms with van der Waals surface area (Å²) in [6, 6.07) is 30.1. The number of para-hydroxylation sites is 1. The van der Waals surface area contributed by atoms with Crippen LogP contribution in [0.2, 0.25) is 0 Å². The highest BCUT2D eigenvalue weighted by atomic mass is 32.1. The number of aryl methyl sites for hydroxylation is 2. The van der Waals surface area contributed by atoms with Crippen molar-refractivity contribution >= 4 is 72.8 Å². The zero-order chi connectivity index (χ0) is 48.5. The number of carboxylic acid groups (broad SMARTS) is 1. The molecule has 4 aromatic carbocycles. The lowest BCUT2D eigenvalue weighted by molar-refractivity contribution is -0.134. The molecule has 0 spiro atoms. The summed E-state index contributed by atoms with van der Waals surface area (Å²) < 4.78 is 9.09. The van der Waals surface area contributed by atoms with Crippen molar-refractivity contribution in [2.24, 2.45) is 13.0 Å². The molecule has 3 amide bonds. The minimum Gasteiger partial charge on any atom is -0.494 e. The fourth-order valence-corrected chi connectivity index (χ4v) is 11.4. The molecular formula is C54H57N9O6S. The van der Waals surface area contributed by atoms with E-state index in [2.05, 4.69) is 62.0 Å². The number of anilines is 3. The number of rotatable bonds is 15. The number of aromatic carboxylic acids is 1. The van der Waals surface area contributed by atoms with Crippen molar-refractivity contribution in [2.75, 3.05) is 41.8 Å². The molecule has 2 saturated heterocycles. The van der Waals surface area contributed by atoms with E-state index in [4.69, 9.17) is 14.7 Å². The number of carbonyl (C=O) groups excluding carboxylic acids is 3. The van der Waals surface area contributed by atoms with E-state index in [0.717, 1.165) is 88.3 Å². The molecule has 70 heavy (non-hydrogen) atoms. The number of piperidine rings is 2. The van der Waals surface area contributed by atoms with E-state index in [1.165, 1.54) is 16.7 Å². The van der Waals surface area contributed by atoms with Gasteiger partial charge in [-0.05, 0) is 147 Å². The number of carboxylic acids is 1. The maximum Gasteiger partial charge on any atom is 0.355 e. The Balaban J connectivity index is 0.694. The maximum absolute atomic E-state index is 13.2. The number of benzene rings is 4. The molecule has 15 nitrogen and oxygen atoms in total. The van der Waals surface area contributed by atoms with Crippen LogP contribution >= 0.6 is 11.3 Å². The summed E-state index contributed by atoms with van der Waals surface area (Å²) in [5, 5.41) is 25.8. The summed E-state index contributed by atoms with van der Waals surface area (Å²) in [5.41, 5.74) is 9.13. The van der Waals surface area contributed by atoms with Gasteiger partial charge >= 0.3 is 5.97 Å². The number of hydrogen-bond donors (Lipinski definition) is 4. The van der Waals surface area contributed by atoms with E-state index in [9.17, 15) is 24.3 Å². The van der Waals surface area contributed by atoms with Crippen LogP contribution in [0.25, 0.3) is 32.2 Å². The SMILES string of the molecule is Cc1cc(OCCC[C@@H]2CCN(CC(=O)Nc3ccc4c(C5CCC(=O)NC5=O)nn(C)c4c3)[C@@H](C)C2)ccc1-c1ccc(N2CCc3cccc(CNc4nc5ccccc5s4)c3C2)nc1C(=O)O. The number of fused-ring (bicyclic) bond motifs is 3. The molecule has 0 aliphatic carbocycles. The molecule has 0 radical (unpaired) electrons. The minimum absolute atomic E-state index is 0.0258. The van der Waals surface area contributed by atoms with Crippen LogP contribution in [0.4, 0.5) is 16.6 Å². The quantitative estimate of drug-likeness (QED) is 0.0567. The molecule has 10 rings (SSSR count). The molecule has 360 valence electrons. The zero-order valence-electron chi connectivity index (χ0n) is 39.7. The Kier molecular flexibility index (Phi) is 13.3. The number of nitrogens with one attached hydrogen (secondary N) is 3. The van der Waals surface area contributed by atoms with E-state index < -0.39 is 11.9 Å². The average Bonchev–Trinajstić information content (AvgIpc) is 3.92. The van der Waals surface area contributed by atoms with E-state index in [1.807, 2.05) is 80.7 Å². The molecule has 0 bridgehead atoms. The molecule has 1 unspecified atom stereocenters. The molecular weight excluding hydrogens is 903 g/mol. The first kappa shape index (κ1) is 46.6. The third-order valence-corrected chi connectivity index (χ3v) is 15.2. The van der Waals surface area contributed by atoms with Crippen LogP contribution < -0.4 is 25.6 Å². The molecule has 4 N–H and O–H groups in total. The number of hydrogen-bond acceptors (Lipinski definition) is 12. The van der Waals surface area contributed by atoms with Gasteiger partial charge < -0.3 is 25.4 Å². The molecule has 7 aromatic rings. The number of imide groups is 1. The van der Waals surface area contributed by atoms with Crippen LogP contribution in [-0.2, 0) is 40.9 Å². The van der Waals surface area contributed by atoms with Gasteiger partial charge in [-0.15, -0.1) is 0 Å². The smallest absolute Gasteiger partial charge is 0.355 e. The predicted octanol–water partition coefficient (Wildman–Crippen LogP) is 8.84. The number of likely N-dealkylation sites (tertiary alicyclic amines) is 1. The van der Waals surface area contributed by atoms with Gasteiger partial charge in [0.25, 0.3) is 0 Å². The second kappa shape index (κ2) is 20.0. The summed E-state index contributed by atoms with van der Waals surface area (Å²) >= 11 is 1.64. The number of aromatic nitrogens is 4. The molecule has 6 heterocycles. The van der Waals surface area contributed by atoms with Crippen molar-refractivity contribution < 1.29 is 29.0 Å². The topological polar surface area (TPSA) is 184 Å². The Hall–Kier alpha value is -7.17. The van der Waals surface area contributed by atoms with Gasteiger partial charge in [0.2, 0.25) is 17.7 Å². The first-order valence-corrected chi connectivity index (χ1v) is 25.0. The van der Waals surface area contributed by atoms with Gasteiger partial charge in [0.1, 0.15) is 11.6 Å². The number of carbonyl (C=O) groups is 4. The summed E-state index contributed by atoms with van der Waals surface area (Å²) in [6.07, 6.45) is 5.47. The van der Waals surface area contributed by atoms with E-state index in [1.54, 1.807) is 16.0 Å².